The highest BCUT2D eigenvalue weighted by Crippen LogP contribution is 2.33. The van der Waals surface area contributed by atoms with E-state index in [1.165, 1.54) is 11.8 Å². The van der Waals surface area contributed by atoms with Gasteiger partial charge in [0.25, 0.3) is 0 Å². The van der Waals surface area contributed by atoms with Crippen LogP contribution in [0.2, 0.25) is 5.02 Å². The molecule has 0 aliphatic carbocycles. The van der Waals surface area contributed by atoms with Gasteiger partial charge < -0.3 is 15.7 Å². The molecule has 0 saturated heterocycles. The Labute approximate surface area is 132 Å². The predicted molar refractivity (Wildman–Crippen MR) is 87.0 cm³/mol. The van der Waals surface area contributed by atoms with E-state index in [0.717, 1.165) is 10.5 Å². The molecule has 2 rings (SSSR count). The Morgan fingerprint density at radius 2 is 2.10 bits per heavy atom. The molecular formula is C15H15ClN2O2S. The molecule has 3 N–H and O–H groups in total. The number of rotatable bonds is 4. The molecule has 0 atom stereocenters. The summed E-state index contributed by atoms with van der Waals surface area (Å²) in [6.45, 7) is 1.90. The maximum atomic E-state index is 8.96. The quantitative estimate of drug-likeness (QED) is 0.290. The molecular weight excluding hydrogens is 308 g/mol. The third kappa shape index (κ3) is 3.43. The molecule has 0 radical (unpaired) electrons. The molecule has 0 amide bonds. The number of nitrogens with two attached hydrogens (primary N) is 1. The first kappa shape index (κ1) is 15.5. The average Bonchev–Trinajstić information content (AvgIpc) is 2.50. The molecule has 0 aliphatic rings. The van der Waals surface area contributed by atoms with Crippen LogP contribution in [0.5, 0.6) is 11.5 Å². The maximum Gasteiger partial charge on any atom is 0.175 e. The van der Waals surface area contributed by atoms with Gasteiger partial charge in [-0.3, -0.25) is 0 Å². The molecule has 0 aliphatic heterocycles. The Morgan fingerprint density at radius 1 is 1.33 bits per heavy atom. The Kier molecular flexibility index (Phi) is 4.98. The Balaban J connectivity index is 2.46. The first-order valence-electron chi connectivity index (χ1n) is 6.15. The van der Waals surface area contributed by atoms with E-state index in [4.69, 9.17) is 27.3 Å². The lowest BCUT2D eigenvalue weighted by molar-refractivity contribution is 0.318. The van der Waals surface area contributed by atoms with Crippen LogP contribution in [0, 0.1) is 6.92 Å². The number of halogens is 1. The van der Waals surface area contributed by atoms with Gasteiger partial charge in [-0.2, -0.15) is 0 Å². The highest BCUT2D eigenvalue weighted by Gasteiger charge is 2.14. The molecule has 2 aromatic rings. The number of oxime groups is 1. The average molecular weight is 323 g/mol. The molecule has 0 spiro atoms. The van der Waals surface area contributed by atoms with E-state index in [1.54, 1.807) is 18.2 Å². The molecule has 6 heteroatoms. The predicted octanol–water partition coefficient (Wildman–Crippen LogP) is 4.26. The molecule has 4 nitrogen and oxygen atoms in total. The van der Waals surface area contributed by atoms with Crippen molar-refractivity contribution in [3.8, 4) is 11.5 Å². The van der Waals surface area contributed by atoms with Crippen LogP contribution in [-0.2, 0) is 0 Å². The number of amidine groups is 1. The monoisotopic (exact) mass is 322 g/mol. The van der Waals surface area contributed by atoms with Crippen molar-refractivity contribution >= 4 is 29.2 Å². The van der Waals surface area contributed by atoms with E-state index < -0.39 is 0 Å². The summed E-state index contributed by atoms with van der Waals surface area (Å²) >= 11 is 7.50. The Bertz CT molecular complexity index is 689. The van der Waals surface area contributed by atoms with Crippen molar-refractivity contribution in [2.24, 2.45) is 10.9 Å². The summed E-state index contributed by atoms with van der Waals surface area (Å²) in [5, 5.41) is 12.7. The smallest absolute Gasteiger partial charge is 0.175 e. The van der Waals surface area contributed by atoms with E-state index in [0.29, 0.717) is 22.1 Å². The normalized spacial score (nSPS) is 11.5. The number of nitrogens with zero attached hydrogens (tertiary/aromatic N) is 1. The summed E-state index contributed by atoms with van der Waals surface area (Å²) in [7, 11) is 0. The van der Waals surface area contributed by atoms with Gasteiger partial charge in [-0.05, 0) is 49.1 Å². The lowest BCUT2D eigenvalue weighted by Gasteiger charge is -2.14. The van der Waals surface area contributed by atoms with E-state index in [2.05, 4.69) is 5.16 Å². The van der Waals surface area contributed by atoms with Gasteiger partial charge in [0.1, 0.15) is 11.5 Å². The SMILES string of the molecule is CSc1cccc(Oc2ccc(Cl)c(C)c2)c1/C(N)=N/O. The molecule has 0 bridgehead atoms. The van der Waals surface area contributed by atoms with Crippen LogP contribution in [0.4, 0.5) is 0 Å². The van der Waals surface area contributed by atoms with Crippen LogP contribution >= 0.6 is 23.4 Å². The van der Waals surface area contributed by atoms with Crippen LogP contribution in [0.15, 0.2) is 46.4 Å². The lowest BCUT2D eigenvalue weighted by atomic mass is 10.1. The zero-order chi connectivity index (χ0) is 15.4. The van der Waals surface area contributed by atoms with Crippen LogP contribution < -0.4 is 10.5 Å². The summed E-state index contributed by atoms with van der Waals surface area (Å²) in [6.07, 6.45) is 1.92. The highest BCUT2D eigenvalue weighted by molar-refractivity contribution is 7.98. The van der Waals surface area contributed by atoms with Gasteiger partial charge in [-0.25, -0.2) is 0 Å². The number of benzene rings is 2. The second-order valence-electron chi connectivity index (χ2n) is 4.33. The molecule has 0 saturated carbocycles. The van der Waals surface area contributed by atoms with Gasteiger partial charge in [0.2, 0.25) is 0 Å². The summed E-state index contributed by atoms with van der Waals surface area (Å²) in [6, 6.07) is 10.9. The van der Waals surface area contributed by atoms with E-state index in [1.807, 2.05) is 31.4 Å². The Hall–Kier alpha value is -1.85. The van der Waals surface area contributed by atoms with Crippen molar-refractivity contribution in [3.63, 3.8) is 0 Å². The van der Waals surface area contributed by atoms with E-state index >= 15 is 0 Å². The molecule has 0 unspecified atom stereocenters. The van der Waals surface area contributed by atoms with Gasteiger partial charge in [0.05, 0.1) is 5.56 Å². The third-order valence-electron chi connectivity index (χ3n) is 2.93. The van der Waals surface area contributed by atoms with Gasteiger partial charge in [0.15, 0.2) is 5.84 Å². The van der Waals surface area contributed by atoms with E-state index in [9.17, 15) is 0 Å². The van der Waals surface area contributed by atoms with Gasteiger partial charge in [-0.15, -0.1) is 11.8 Å². The Morgan fingerprint density at radius 3 is 2.71 bits per heavy atom. The van der Waals surface area contributed by atoms with Crippen molar-refractivity contribution in [2.45, 2.75) is 11.8 Å². The van der Waals surface area contributed by atoms with Crippen LogP contribution in [-0.4, -0.2) is 17.3 Å². The zero-order valence-corrected chi connectivity index (χ0v) is 13.2. The topological polar surface area (TPSA) is 67.8 Å². The first-order valence-corrected chi connectivity index (χ1v) is 7.76. The molecule has 0 aromatic heterocycles. The van der Waals surface area contributed by atoms with Crippen LogP contribution in [0.1, 0.15) is 11.1 Å². The van der Waals surface area contributed by atoms with Gasteiger partial charge in [0, 0.05) is 9.92 Å². The third-order valence-corrected chi connectivity index (χ3v) is 4.13. The molecule has 0 fully saturated rings. The fraction of sp³-hybridized carbons (Fsp3) is 0.133. The van der Waals surface area contributed by atoms with Crippen LogP contribution in [0.25, 0.3) is 0 Å². The largest absolute Gasteiger partial charge is 0.457 e. The number of hydrogen-bond acceptors (Lipinski definition) is 4. The standard InChI is InChI=1S/C15H15ClN2O2S/c1-9-8-10(6-7-11(9)16)20-12-4-3-5-13(21-2)14(12)15(17)18-19/h3-8,19H,1-2H3,(H2,17,18). The van der Waals surface area contributed by atoms with Crippen LogP contribution in [0.3, 0.4) is 0 Å². The summed E-state index contributed by atoms with van der Waals surface area (Å²) in [5.41, 5.74) is 7.25. The molecule has 110 valence electrons. The molecule has 2 aromatic carbocycles. The minimum atomic E-state index is 0.0145. The zero-order valence-electron chi connectivity index (χ0n) is 11.6. The maximum absolute atomic E-state index is 8.96. The van der Waals surface area contributed by atoms with Crippen molar-refractivity contribution < 1.29 is 9.94 Å². The van der Waals surface area contributed by atoms with Crippen molar-refractivity contribution in [3.05, 3.63) is 52.5 Å². The second-order valence-corrected chi connectivity index (χ2v) is 5.59. The van der Waals surface area contributed by atoms with E-state index in [-0.39, 0.29) is 5.84 Å². The number of hydrogen-bond donors (Lipinski definition) is 2. The minimum Gasteiger partial charge on any atom is -0.457 e. The summed E-state index contributed by atoms with van der Waals surface area (Å²) in [5.74, 6) is 1.18. The second kappa shape index (κ2) is 6.74. The van der Waals surface area contributed by atoms with Crippen molar-refractivity contribution in [2.75, 3.05) is 6.26 Å². The van der Waals surface area contributed by atoms with Gasteiger partial charge in [-0.1, -0.05) is 22.8 Å². The molecule has 0 heterocycles. The van der Waals surface area contributed by atoms with Gasteiger partial charge >= 0.3 is 0 Å². The van der Waals surface area contributed by atoms with Crippen molar-refractivity contribution in [1.29, 1.82) is 0 Å². The number of aryl methyl sites for hydroxylation is 1. The summed E-state index contributed by atoms with van der Waals surface area (Å²) < 4.78 is 5.87. The first-order chi connectivity index (χ1) is 10.1. The highest BCUT2D eigenvalue weighted by atomic mass is 35.5. The fourth-order valence-electron chi connectivity index (χ4n) is 1.88. The fourth-order valence-corrected chi connectivity index (χ4v) is 2.62. The lowest BCUT2D eigenvalue weighted by Crippen LogP contribution is -2.15. The number of thioether (sulfide) groups is 1. The summed E-state index contributed by atoms with van der Waals surface area (Å²) in [4.78, 5) is 0.869. The minimum absolute atomic E-state index is 0.0145. The number of ether oxygens (including phenoxy) is 1. The van der Waals surface area contributed by atoms with Crippen molar-refractivity contribution in [1.82, 2.24) is 0 Å². The molecule has 21 heavy (non-hydrogen) atoms.